The molecule has 0 spiro atoms. The quantitative estimate of drug-likeness (QED) is 0.619. The molecule has 0 saturated heterocycles. The van der Waals surface area contributed by atoms with Crippen molar-refractivity contribution >= 4 is 23.3 Å². The average Bonchev–Trinajstić information content (AvgIpc) is 2.43. The molecule has 0 bridgehead atoms. The molecule has 0 aliphatic rings. The number of aromatic nitrogens is 2. The lowest BCUT2D eigenvalue weighted by Crippen LogP contribution is -2.17. The fourth-order valence-corrected chi connectivity index (χ4v) is 1.78. The van der Waals surface area contributed by atoms with Crippen LogP contribution in [0.15, 0.2) is 12.1 Å². The fourth-order valence-electron chi connectivity index (χ4n) is 1.52. The van der Waals surface area contributed by atoms with Gasteiger partial charge >= 0.3 is 6.18 Å². The minimum Gasteiger partial charge on any atom is -0.328 e. The number of halogens is 5. The van der Waals surface area contributed by atoms with Crippen LogP contribution in [-0.4, -0.2) is 15.7 Å². The van der Waals surface area contributed by atoms with Gasteiger partial charge in [-0.2, -0.15) is 13.2 Å². The molecule has 1 aromatic heterocycles. The highest BCUT2D eigenvalue weighted by Gasteiger charge is 2.29. The smallest absolute Gasteiger partial charge is 0.328 e. The summed E-state index contributed by atoms with van der Waals surface area (Å²) in [6.45, 7) is -1.39. The zero-order chi connectivity index (χ0) is 12.8. The molecular weight excluding hydrogens is 263 g/mol. The fraction of sp³-hybridized carbons (Fsp3) is 0.222. The summed E-state index contributed by atoms with van der Waals surface area (Å²) in [4.78, 5) is 2.28. The van der Waals surface area contributed by atoms with Gasteiger partial charge in [0.1, 0.15) is 17.9 Å². The third-order valence-electron chi connectivity index (χ3n) is 2.14. The number of fused-ring (bicyclic) bond motifs is 1. The van der Waals surface area contributed by atoms with Crippen molar-refractivity contribution in [2.75, 3.05) is 0 Å². The number of nitrogens with one attached hydrogen (secondary N) is 1. The van der Waals surface area contributed by atoms with Crippen molar-refractivity contribution in [1.82, 2.24) is 9.55 Å². The Labute approximate surface area is 96.7 Å². The number of imidazole rings is 1. The molecule has 0 aliphatic heterocycles. The Kier molecular flexibility index (Phi) is 2.69. The van der Waals surface area contributed by atoms with Gasteiger partial charge in [-0.1, -0.05) is 0 Å². The number of aromatic amines is 1. The standard InChI is InChI=1S/C9H5F5N2S/c10-4-1-5(11)7-6(2-4)16(8(17)15-7)3-9(12,13)14/h1-2H,3H2,(H,15,17). The van der Waals surface area contributed by atoms with Gasteiger partial charge in [-0.3, -0.25) is 0 Å². The summed E-state index contributed by atoms with van der Waals surface area (Å²) >= 11 is 4.64. The van der Waals surface area contributed by atoms with Crippen molar-refractivity contribution in [3.63, 3.8) is 0 Å². The van der Waals surface area contributed by atoms with E-state index in [9.17, 15) is 22.0 Å². The van der Waals surface area contributed by atoms with Gasteiger partial charge in [0, 0.05) is 6.07 Å². The van der Waals surface area contributed by atoms with Crippen molar-refractivity contribution < 1.29 is 22.0 Å². The second-order valence-electron chi connectivity index (χ2n) is 3.41. The summed E-state index contributed by atoms with van der Waals surface area (Å²) in [5.74, 6) is -1.94. The van der Waals surface area contributed by atoms with E-state index in [1.165, 1.54) is 0 Å². The van der Waals surface area contributed by atoms with Gasteiger partial charge < -0.3 is 9.55 Å². The highest BCUT2D eigenvalue weighted by atomic mass is 32.1. The topological polar surface area (TPSA) is 20.7 Å². The lowest BCUT2D eigenvalue weighted by Gasteiger charge is -2.08. The predicted octanol–water partition coefficient (Wildman–Crippen LogP) is 3.54. The number of alkyl halides is 3. The number of nitrogens with zero attached hydrogens (tertiary/aromatic N) is 1. The molecule has 0 atom stereocenters. The number of rotatable bonds is 1. The van der Waals surface area contributed by atoms with E-state index in [0.29, 0.717) is 10.6 Å². The van der Waals surface area contributed by atoms with E-state index in [4.69, 9.17) is 0 Å². The first kappa shape index (κ1) is 12.0. The van der Waals surface area contributed by atoms with E-state index < -0.39 is 24.4 Å². The van der Waals surface area contributed by atoms with Gasteiger partial charge in [0.25, 0.3) is 0 Å². The van der Waals surface area contributed by atoms with Crippen molar-refractivity contribution in [2.45, 2.75) is 12.7 Å². The second kappa shape index (κ2) is 3.80. The van der Waals surface area contributed by atoms with E-state index >= 15 is 0 Å². The van der Waals surface area contributed by atoms with Crippen molar-refractivity contribution in [3.05, 3.63) is 28.5 Å². The highest BCUT2D eigenvalue weighted by molar-refractivity contribution is 7.71. The van der Waals surface area contributed by atoms with Crippen molar-refractivity contribution in [2.24, 2.45) is 0 Å². The van der Waals surface area contributed by atoms with Crippen LogP contribution >= 0.6 is 12.2 Å². The zero-order valence-electron chi connectivity index (χ0n) is 8.11. The number of hydrogen-bond donors (Lipinski definition) is 1. The van der Waals surface area contributed by atoms with E-state index in [2.05, 4.69) is 17.2 Å². The van der Waals surface area contributed by atoms with Crippen LogP contribution in [0.3, 0.4) is 0 Å². The Morgan fingerprint density at radius 2 is 1.88 bits per heavy atom. The highest BCUT2D eigenvalue weighted by Crippen LogP contribution is 2.24. The molecule has 17 heavy (non-hydrogen) atoms. The van der Waals surface area contributed by atoms with Crippen molar-refractivity contribution in [1.29, 1.82) is 0 Å². The molecule has 0 radical (unpaired) electrons. The summed E-state index contributed by atoms with van der Waals surface area (Å²) in [5.41, 5.74) is -0.481. The predicted molar refractivity (Wildman–Crippen MR) is 53.1 cm³/mol. The summed E-state index contributed by atoms with van der Waals surface area (Å²) in [5, 5.41) is 0. The first-order valence-corrected chi connectivity index (χ1v) is 4.83. The maximum absolute atomic E-state index is 13.3. The molecule has 92 valence electrons. The molecule has 2 rings (SSSR count). The van der Waals surface area contributed by atoms with E-state index in [0.717, 1.165) is 6.07 Å². The van der Waals surface area contributed by atoms with E-state index in [-0.39, 0.29) is 15.8 Å². The number of hydrogen-bond acceptors (Lipinski definition) is 1. The van der Waals surface area contributed by atoms with Crippen LogP contribution in [0.25, 0.3) is 11.0 Å². The van der Waals surface area contributed by atoms with Gasteiger partial charge in [0.2, 0.25) is 0 Å². The molecule has 0 aliphatic carbocycles. The Bertz CT molecular complexity index is 625. The van der Waals surface area contributed by atoms with Gasteiger partial charge in [-0.05, 0) is 18.3 Å². The maximum Gasteiger partial charge on any atom is 0.406 e. The summed E-state index contributed by atoms with van der Waals surface area (Å²) < 4.78 is 63.3. The molecule has 0 saturated carbocycles. The summed E-state index contributed by atoms with van der Waals surface area (Å²) in [7, 11) is 0. The normalized spacial score (nSPS) is 12.3. The molecule has 2 aromatic rings. The van der Waals surface area contributed by atoms with Crippen LogP contribution in [0.5, 0.6) is 0 Å². The summed E-state index contributed by atoms with van der Waals surface area (Å²) in [6, 6.07) is 1.38. The van der Waals surface area contributed by atoms with Gasteiger partial charge in [-0.15, -0.1) is 0 Å². The molecule has 0 unspecified atom stereocenters. The third kappa shape index (κ3) is 2.31. The van der Waals surface area contributed by atoms with Crippen LogP contribution in [0.1, 0.15) is 0 Å². The monoisotopic (exact) mass is 268 g/mol. The van der Waals surface area contributed by atoms with Crippen LogP contribution in [0, 0.1) is 16.4 Å². The summed E-state index contributed by atoms with van der Waals surface area (Å²) in [6.07, 6.45) is -4.52. The van der Waals surface area contributed by atoms with Gasteiger partial charge in [-0.25, -0.2) is 8.78 Å². The molecule has 2 nitrogen and oxygen atoms in total. The number of benzene rings is 1. The minimum atomic E-state index is -4.52. The largest absolute Gasteiger partial charge is 0.406 e. The molecule has 1 heterocycles. The molecule has 8 heteroatoms. The molecule has 0 amide bonds. The Morgan fingerprint density at radius 1 is 1.24 bits per heavy atom. The molecule has 1 N–H and O–H groups in total. The Balaban J connectivity index is 2.71. The lowest BCUT2D eigenvalue weighted by atomic mass is 10.3. The molecule has 0 fully saturated rings. The first-order chi connectivity index (χ1) is 7.78. The van der Waals surface area contributed by atoms with Crippen molar-refractivity contribution in [3.8, 4) is 0 Å². The Hall–Kier alpha value is -1.44. The van der Waals surface area contributed by atoms with E-state index in [1.54, 1.807) is 0 Å². The minimum absolute atomic E-state index is 0.236. The average molecular weight is 268 g/mol. The molecule has 1 aromatic carbocycles. The van der Waals surface area contributed by atoms with E-state index in [1.807, 2.05) is 0 Å². The zero-order valence-corrected chi connectivity index (χ0v) is 8.92. The van der Waals surface area contributed by atoms with Gasteiger partial charge in [0.05, 0.1) is 5.52 Å². The molecular formula is C9H5F5N2S. The lowest BCUT2D eigenvalue weighted by molar-refractivity contribution is -0.140. The van der Waals surface area contributed by atoms with Crippen LogP contribution < -0.4 is 0 Å². The van der Waals surface area contributed by atoms with Crippen LogP contribution in [-0.2, 0) is 6.54 Å². The van der Waals surface area contributed by atoms with Gasteiger partial charge in [0.15, 0.2) is 10.6 Å². The SMILES string of the molecule is Fc1cc(F)c2[nH]c(=S)n(CC(F)(F)F)c2c1. The maximum atomic E-state index is 13.3. The number of H-pyrrole nitrogens is 1. The van der Waals surface area contributed by atoms with Crippen LogP contribution in [0.2, 0.25) is 0 Å². The third-order valence-corrected chi connectivity index (χ3v) is 2.46. The van der Waals surface area contributed by atoms with Crippen LogP contribution in [0.4, 0.5) is 22.0 Å². The first-order valence-electron chi connectivity index (χ1n) is 4.42. The Morgan fingerprint density at radius 3 is 2.47 bits per heavy atom. The second-order valence-corrected chi connectivity index (χ2v) is 3.80.